The molecule has 1 amide bonds. The Morgan fingerprint density at radius 3 is 2.30 bits per heavy atom. The normalized spacial score (nSPS) is 9.77. The number of aromatic nitrogens is 2. The lowest BCUT2D eigenvalue weighted by Crippen LogP contribution is -2.22. The molecule has 2 N–H and O–H groups in total. The van der Waals surface area contributed by atoms with Gasteiger partial charge in [0, 0.05) is 17.4 Å². The fourth-order valence-electron chi connectivity index (χ4n) is 2.89. The van der Waals surface area contributed by atoms with Gasteiger partial charge in [-0.1, -0.05) is 76.2 Å². The Labute approximate surface area is 181 Å². The van der Waals surface area contributed by atoms with Crippen LogP contribution in [0, 0.1) is 6.92 Å². The highest BCUT2D eigenvalue weighted by atomic mass is 32.1. The van der Waals surface area contributed by atoms with Crippen molar-refractivity contribution in [3.05, 3.63) is 82.3 Å². The number of nitrogens with zero attached hydrogens (tertiary/aromatic N) is 1. The highest BCUT2D eigenvalue weighted by Gasteiger charge is 2.17. The maximum absolute atomic E-state index is 12.7. The van der Waals surface area contributed by atoms with Crippen LogP contribution in [-0.4, -0.2) is 15.3 Å². The van der Waals surface area contributed by atoms with Gasteiger partial charge < -0.3 is 10.3 Å². The van der Waals surface area contributed by atoms with Gasteiger partial charge in [-0.05, 0) is 30.1 Å². The molecule has 0 aliphatic heterocycles. The van der Waals surface area contributed by atoms with Crippen LogP contribution in [0.25, 0.3) is 21.3 Å². The number of H-pyrrole nitrogens is 1. The standard InChI is InChI=1S/C20H15N3O2S.2C2H6/c1-12-17-18(24)15(11-21-20(17)26-23-12)19(25)22-16-10-6-5-9-14(16)13-7-3-2-4-8-13;2*1-2/h2-11H,1H3,(H,21,24)(H,22,25);2*1-2H3. The minimum Gasteiger partial charge on any atom is -0.351 e. The van der Waals surface area contributed by atoms with Gasteiger partial charge in [0.15, 0.2) is 0 Å². The number of aryl methyl sites for hydroxylation is 1. The number of amides is 1. The van der Waals surface area contributed by atoms with Crippen molar-refractivity contribution in [2.45, 2.75) is 34.6 Å². The first-order chi connectivity index (χ1) is 14.6. The van der Waals surface area contributed by atoms with Gasteiger partial charge in [-0.2, -0.15) is 4.37 Å². The van der Waals surface area contributed by atoms with Crippen LogP contribution in [0.5, 0.6) is 0 Å². The highest BCUT2D eigenvalue weighted by molar-refractivity contribution is 7.12. The van der Waals surface area contributed by atoms with Crippen LogP contribution < -0.4 is 10.7 Å². The number of hydrogen-bond donors (Lipinski definition) is 2. The SMILES string of the molecule is CC.CC.Cc1nsc2[nH]cc(C(=O)Nc3ccccc3-c3ccccc3)c(=O)c12. The lowest BCUT2D eigenvalue weighted by molar-refractivity contribution is 0.102. The lowest BCUT2D eigenvalue weighted by atomic mass is 10.0. The summed E-state index contributed by atoms with van der Waals surface area (Å²) in [4.78, 5) is 29.1. The van der Waals surface area contributed by atoms with Gasteiger partial charge in [-0.3, -0.25) is 9.59 Å². The third-order valence-electron chi connectivity index (χ3n) is 4.19. The van der Waals surface area contributed by atoms with Crippen LogP contribution in [0.3, 0.4) is 0 Å². The van der Waals surface area contributed by atoms with Crippen LogP contribution >= 0.6 is 11.5 Å². The number of aromatic amines is 1. The van der Waals surface area contributed by atoms with E-state index >= 15 is 0 Å². The van der Waals surface area contributed by atoms with Crippen molar-refractivity contribution >= 4 is 33.3 Å². The van der Waals surface area contributed by atoms with Crippen molar-refractivity contribution in [3.8, 4) is 11.1 Å². The van der Waals surface area contributed by atoms with Crippen molar-refractivity contribution < 1.29 is 4.79 Å². The molecule has 0 radical (unpaired) electrons. The van der Waals surface area contributed by atoms with E-state index in [2.05, 4.69) is 14.7 Å². The van der Waals surface area contributed by atoms with Crippen LogP contribution in [0.1, 0.15) is 43.7 Å². The monoisotopic (exact) mass is 421 g/mol. The molecule has 2 heterocycles. The van der Waals surface area contributed by atoms with Crippen LogP contribution in [0.4, 0.5) is 5.69 Å². The first-order valence-corrected chi connectivity index (χ1v) is 10.9. The van der Waals surface area contributed by atoms with E-state index in [4.69, 9.17) is 0 Å². The predicted octanol–water partition coefficient (Wildman–Crippen LogP) is 6.26. The van der Waals surface area contributed by atoms with Gasteiger partial charge >= 0.3 is 0 Å². The zero-order valence-corrected chi connectivity index (χ0v) is 18.8. The van der Waals surface area contributed by atoms with E-state index in [-0.39, 0.29) is 11.0 Å². The maximum atomic E-state index is 12.7. The van der Waals surface area contributed by atoms with E-state index in [1.54, 1.807) is 6.92 Å². The Morgan fingerprint density at radius 1 is 0.967 bits per heavy atom. The van der Waals surface area contributed by atoms with Crippen molar-refractivity contribution in [1.82, 2.24) is 9.36 Å². The largest absolute Gasteiger partial charge is 0.351 e. The number of hydrogen-bond acceptors (Lipinski definition) is 4. The predicted molar refractivity (Wildman–Crippen MR) is 128 cm³/mol. The zero-order valence-electron chi connectivity index (χ0n) is 17.9. The number of carbonyl (C=O) groups is 1. The number of benzene rings is 2. The molecule has 2 aromatic carbocycles. The number of carbonyl (C=O) groups excluding carboxylic acids is 1. The summed E-state index contributed by atoms with van der Waals surface area (Å²) in [5.41, 5.74) is 2.94. The Hall–Kier alpha value is -3.25. The molecule has 0 saturated carbocycles. The number of pyridine rings is 1. The van der Waals surface area contributed by atoms with Gasteiger partial charge in [0.1, 0.15) is 10.4 Å². The van der Waals surface area contributed by atoms with Crippen molar-refractivity contribution in [1.29, 1.82) is 0 Å². The van der Waals surface area contributed by atoms with Crippen LogP contribution in [-0.2, 0) is 0 Å². The summed E-state index contributed by atoms with van der Waals surface area (Å²) in [5, 5.41) is 3.34. The summed E-state index contributed by atoms with van der Waals surface area (Å²) in [6.07, 6.45) is 1.45. The minimum atomic E-state index is -0.442. The van der Waals surface area contributed by atoms with E-state index in [9.17, 15) is 9.59 Å². The minimum absolute atomic E-state index is 0.0728. The fourth-order valence-corrected chi connectivity index (χ4v) is 3.66. The zero-order chi connectivity index (χ0) is 22.1. The second-order valence-corrected chi connectivity index (χ2v) is 6.64. The third kappa shape index (κ3) is 4.83. The van der Waals surface area contributed by atoms with Gasteiger partial charge in [0.25, 0.3) is 5.91 Å². The summed E-state index contributed by atoms with van der Waals surface area (Å²) >= 11 is 1.21. The Kier molecular flexibility index (Phi) is 8.50. The molecule has 0 bridgehead atoms. The molecule has 6 heteroatoms. The van der Waals surface area contributed by atoms with E-state index in [1.807, 2.05) is 82.3 Å². The Morgan fingerprint density at radius 2 is 1.60 bits per heavy atom. The van der Waals surface area contributed by atoms with Crippen molar-refractivity contribution in [2.24, 2.45) is 0 Å². The van der Waals surface area contributed by atoms with Gasteiger partial charge in [-0.15, -0.1) is 0 Å². The summed E-state index contributed by atoms with van der Waals surface area (Å²) in [6.45, 7) is 9.76. The van der Waals surface area contributed by atoms with E-state index in [1.165, 1.54) is 17.7 Å². The first kappa shape index (κ1) is 23.0. The van der Waals surface area contributed by atoms with E-state index in [0.717, 1.165) is 11.1 Å². The molecule has 0 aliphatic carbocycles. The average molecular weight is 422 g/mol. The summed E-state index contributed by atoms with van der Waals surface area (Å²) < 4.78 is 4.17. The van der Waals surface area contributed by atoms with Crippen molar-refractivity contribution in [3.63, 3.8) is 0 Å². The lowest BCUT2D eigenvalue weighted by Gasteiger charge is -2.11. The number of fused-ring (bicyclic) bond motifs is 1. The van der Waals surface area contributed by atoms with Crippen molar-refractivity contribution in [2.75, 3.05) is 5.32 Å². The Bertz CT molecular complexity index is 1160. The number of anilines is 1. The number of rotatable bonds is 3. The molecule has 2 aromatic heterocycles. The first-order valence-electron chi connectivity index (χ1n) is 10.1. The smallest absolute Gasteiger partial charge is 0.261 e. The summed E-state index contributed by atoms with van der Waals surface area (Å²) in [5.74, 6) is -0.442. The average Bonchev–Trinajstić information content (AvgIpc) is 3.19. The van der Waals surface area contributed by atoms with Crippen LogP contribution in [0.15, 0.2) is 65.6 Å². The quantitative estimate of drug-likeness (QED) is 0.410. The third-order valence-corrected chi connectivity index (χ3v) is 5.06. The molecule has 0 fully saturated rings. The van der Waals surface area contributed by atoms with Crippen LogP contribution in [0.2, 0.25) is 0 Å². The molecule has 156 valence electrons. The summed E-state index contributed by atoms with van der Waals surface area (Å²) in [7, 11) is 0. The molecule has 30 heavy (non-hydrogen) atoms. The second kappa shape index (κ2) is 11.1. The molecule has 4 aromatic rings. The highest BCUT2D eigenvalue weighted by Crippen LogP contribution is 2.28. The van der Waals surface area contributed by atoms with E-state index in [0.29, 0.717) is 21.6 Å². The molecule has 0 aliphatic rings. The molecular weight excluding hydrogens is 394 g/mol. The molecule has 0 atom stereocenters. The molecule has 0 unspecified atom stereocenters. The number of para-hydroxylation sites is 1. The van der Waals surface area contributed by atoms with Gasteiger partial charge in [-0.25, -0.2) is 0 Å². The fraction of sp³-hybridized carbons (Fsp3) is 0.208. The number of nitrogens with one attached hydrogen (secondary N) is 2. The second-order valence-electron chi connectivity index (χ2n) is 5.87. The molecule has 5 nitrogen and oxygen atoms in total. The van der Waals surface area contributed by atoms with E-state index < -0.39 is 5.91 Å². The van der Waals surface area contributed by atoms with Gasteiger partial charge in [0.2, 0.25) is 5.43 Å². The molecule has 0 spiro atoms. The molecular formula is C24H27N3O2S. The summed E-state index contributed by atoms with van der Waals surface area (Å²) in [6, 6.07) is 17.3. The molecule has 4 rings (SSSR count). The topological polar surface area (TPSA) is 74.8 Å². The van der Waals surface area contributed by atoms with Gasteiger partial charge in [0.05, 0.1) is 11.1 Å². The maximum Gasteiger partial charge on any atom is 0.261 e. The Balaban J connectivity index is 0.000000757. The molecule has 0 saturated heterocycles.